The third kappa shape index (κ3) is 9.14. The van der Waals surface area contributed by atoms with Crippen LogP contribution in [-0.4, -0.2) is 37.3 Å². The molecule has 0 aromatic rings. The SMILES string of the molecule is C[13C](=O)[15NH][13CH2][13CH2]CCC=[N+](C)C. The summed E-state index contributed by atoms with van der Waals surface area (Å²) >= 11 is 0. The molecule has 0 aliphatic carbocycles. The van der Waals surface area contributed by atoms with E-state index >= 15 is 0 Å². The van der Waals surface area contributed by atoms with E-state index in [0.717, 1.165) is 25.8 Å². The number of hydrogen-bond donors (Lipinski definition) is 1. The lowest BCUT2D eigenvalue weighted by atomic mass is 10.4. The Kier molecular flexibility index (Phi) is 6.34. The second-order valence-electron chi connectivity index (χ2n) is 3.12. The zero-order valence-electron chi connectivity index (χ0n) is 8.26. The fourth-order valence-electron chi connectivity index (χ4n) is 0.883. The van der Waals surface area contributed by atoms with Crippen LogP contribution < -0.4 is 5.32 Å². The lowest BCUT2D eigenvalue weighted by Crippen LogP contribution is -2.20. The van der Waals surface area contributed by atoms with Crippen molar-refractivity contribution in [2.24, 2.45) is 0 Å². The van der Waals surface area contributed by atoms with Crippen molar-refractivity contribution in [2.75, 3.05) is 20.6 Å². The lowest BCUT2D eigenvalue weighted by Gasteiger charge is -1.98. The molecule has 12 heavy (non-hydrogen) atoms. The number of carbonyl (C=O) groups is 1. The Morgan fingerprint density at radius 2 is 2.08 bits per heavy atom. The Morgan fingerprint density at radius 1 is 1.42 bits per heavy atom. The lowest BCUT2D eigenvalue weighted by molar-refractivity contribution is -0.460. The van der Waals surface area contributed by atoms with Crippen LogP contribution in [0.3, 0.4) is 0 Å². The van der Waals surface area contributed by atoms with Gasteiger partial charge in [0.25, 0.3) is 0 Å². The molecule has 0 aromatic carbocycles. The van der Waals surface area contributed by atoms with Crippen LogP contribution in [0.15, 0.2) is 0 Å². The van der Waals surface area contributed by atoms with Gasteiger partial charge < -0.3 is 5.32 Å². The van der Waals surface area contributed by atoms with Crippen molar-refractivity contribution in [1.29, 1.82) is 0 Å². The monoisotopic (exact) mass is 175 g/mol. The third-order valence-corrected chi connectivity index (χ3v) is 1.50. The third-order valence-electron chi connectivity index (χ3n) is 1.50. The van der Waals surface area contributed by atoms with Gasteiger partial charge in [-0.25, -0.2) is 4.58 Å². The van der Waals surface area contributed by atoms with Gasteiger partial charge in [-0.3, -0.25) is 4.79 Å². The van der Waals surface area contributed by atoms with E-state index in [4.69, 9.17) is 0 Å². The number of carbonyl (C=O) groups excluding carboxylic acids is 1. The molecule has 0 spiro atoms. The summed E-state index contributed by atoms with van der Waals surface area (Å²) in [6.07, 6.45) is 5.43. The van der Waals surface area contributed by atoms with E-state index in [1.54, 1.807) is 6.92 Å². The molecular weight excluding hydrogens is 156 g/mol. The number of hydrogen-bond acceptors (Lipinski definition) is 1. The highest BCUT2D eigenvalue weighted by atomic mass is 16.3. The summed E-state index contributed by atoms with van der Waals surface area (Å²) in [6, 6.07) is 0. The highest BCUT2D eigenvalue weighted by Crippen LogP contribution is 1.90. The molecule has 0 aliphatic heterocycles. The highest BCUT2D eigenvalue weighted by Gasteiger charge is 1.91. The summed E-state index contributed by atoms with van der Waals surface area (Å²) in [5, 5.41) is 2.77. The molecule has 0 atom stereocenters. The highest BCUT2D eigenvalue weighted by molar-refractivity contribution is 5.72. The standard InChI is InChI=1S/C9H18N2O/c1-9(12)10-7-5-4-6-8-11(2)3/h8H,4-7H2,1-3H3/p+1/i5+1,7+1,9+1,10+1. The second kappa shape index (κ2) is 6.83. The van der Waals surface area contributed by atoms with Crippen molar-refractivity contribution >= 4 is 12.1 Å². The molecule has 0 unspecified atom stereocenters. The van der Waals surface area contributed by atoms with E-state index in [1.165, 1.54) is 0 Å². The Morgan fingerprint density at radius 3 is 2.58 bits per heavy atom. The fraction of sp³-hybridized carbons (Fsp3) is 0.778. The van der Waals surface area contributed by atoms with Gasteiger partial charge in [-0.1, -0.05) is 0 Å². The molecule has 70 valence electrons. The summed E-state index contributed by atoms with van der Waals surface area (Å²) in [4.78, 5) is 10.5. The minimum Gasteiger partial charge on any atom is -0.356 e. The quantitative estimate of drug-likeness (QED) is 0.215. The smallest absolute Gasteiger partial charge is 0.216 e. The van der Waals surface area contributed by atoms with Crippen LogP contribution in [0.25, 0.3) is 0 Å². The maximum atomic E-state index is 10.5. The average Bonchev–Trinajstić information content (AvgIpc) is 1.95. The molecule has 3 nitrogen and oxygen atoms in total. The summed E-state index contributed by atoms with van der Waals surface area (Å²) < 4.78 is 2.05. The predicted molar refractivity (Wildman–Crippen MR) is 50.7 cm³/mol. The normalized spacial score (nSPS) is 9.25. The molecular formula is C9H19N2O+. The van der Waals surface area contributed by atoms with Crippen molar-refractivity contribution < 1.29 is 9.37 Å². The van der Waals surface area contributed by atoms with Crippen LogP contribution in [-0.2, 0) is 4.79 Å². The van der Waals surface area contributed by atoms with Crippen LogP contribution in [0.5, 0.6) is 0 Å². The summed E-state index contributed by atoms with van der Waals surface area (Å²) in [5.74, 6) is 0.0617. The average molecular weight is 175 g/mol. The van der Waals surface area contributed by atoms with Crippen molar-refractivity contribution in [3.63, 3.8) is 0 Å². The van der Waals surface area contributed by atoms with Gasteiger partial charge in [-0.15, -0.1) is 0 Å². The summed E-state index contributed by atoms with van der Waals surface area (Å²) in [6.45, 7) is 2.35. The van der Waals surface area contributed by atoms with E-state index in [0.29, 0.717) is 0 Å². The Bertz CT molecular complexity index is 160. The zero-order valence-corrected chi connectivity index (χ0v) is 8.26. The molecule has 0 heterocycles. The van der Waals surface area contributed by atoms with Gasteiger partial charge in [-0.2, -0.15) is 0 Å². The van der Waals surface area contributed by atoms with Gasteiger partial charge in [-0.05, 0) is 12.8 Å². The first kappa shape index (κ1) is 11.1. The first-order chi connectivity index (χ1) is 5.63. The van der Waals surface area contributed by atoms with Crippen molar-refractivity contribution in [3.8, 4) is 0 Å². The van der Waals surface area contributed by atoms with Crippen LogP contribution >= 0.6 is 0 Å². The minimum atomic E-state index is 0.0617. The van der Waals surface area contributed by atoms with Crippen LogP contribution in [0.1, 0.15) is 26.2 Å². The van der Waals surface area contributed by atoms with Gasteiger partial charge in [0.05, 0.1) is 0 Å². The van der Waals surface area contributed by atoms with Crippen molar-refractivity contribution in [1.82, 2.24) is 5.32 Å². The maximum Gasteiger partial charge on any atom is 0.216 e. The Hall–Kier alpha value is -0.860. The first-order valence-corrected chi connectivity index (χ1v) is 4.37. The number of nitrogens with one attached hydrogen (secondary N) is 1. The Labute approximate surface area is 74.5 Å². The van der Waals surface area contributed by atoms with Crippen LogP contribution in [0, 0.1) is 0 Å². The van der Waals surface area contributed by atoms with Crippen molar-refractivity contribution in [2.45, 2.75) is 26.2 Å². The number of nitrogens with zero attached hydrogens (tertiary/aromatic N) is 1. The molecule has 3 heteroatoms. The molecule has 0 aromatic heterocycles. The van der Waals surface area contributed by atoms with Gasteiger partial charge in [0.2, 0.25) is 5.91 Å². The van der Waals surface area contributed by atoms with E-state index in [-0.39, 0.29) is 5.91 Å². The molecule has 1 N–H and O–H groups in total. The van der Waals surface area contributed by atoms with E-state index < -0.39 is 0 Å². The number of unbranched alkanes of at least 4 members (excludes halogenated alkanes) is 2. The van der Waals surface area contributed by atoms with E-state index in [2.05, 4.69) is 16.1 Å². The molecule has 0 fully saturated rings. The zero-order chi connectivity index (χ0) is 9.40. The molecule has 0 rings (SSSR count). The van der Waals surface area contributed by atoms with Gasteiger partial charge >= 0.3 is 0 Å². The largest absolute Gasteiger partial charge is 0.356 e. The predicted octanol–water partition coefficient (Wildman–Crippen LogP) is 0.636. The maximum absolute atomic E-state index is 10.5. The summed E-state index contributed by atoms with van der Waals surface area (Å²) in [5.41, 5.74) is 0. The van der Waals surface area contributed by atoms with Gasteiger partial charge in [0.15, 0.2) is 0 Å². The molecule has 0 saturated carbocycles. The van der Waals surface area contributed by atoms with Crippen LogP contribution in [0.4, 0.5) is 0 Å². The van der Waals surface area contributed by atoms with Gasteiger partial charge in [0, 0.05) is 19.9 Å². The Balaban J connectivity index is 3.11. The van der Waals surface area contributed by atoms with Crippen molar-refractivity contribution in [3.05, 3.63) is 0 Å². The molecule has 0 bridgehead atoms. The topological polar surface area (TPSA) is 32.1 Å². The molecule has 0 saturated heterocycles. The van der Waals surface area contributed by atoms with Gasteiger partial charge in [0.1, 0.15) is 20.3 Å². The number of rotatable bonds is 5. The van der Waals surface area contributed by atoms with Crippen LogP contribution in [0.2, 0.25) is 0 Å². The number of amides is 1. The second-order valence-corrected chi connectivity index (χ2v) is 3.12. The summed E-state index contributed by atoms with van der Waals surface area (Å²) in [7, 11) is 4.04. The first-order valence-electron chi connectivity index (χ1n) is 4.37. The van der Waals surface area contributed by atoms with E-state index in [9.17, 15) is 4.79 Å². The molecule has 0 radical (unpaired) electrons. The fourth-order valence-corrected chi connectivity index (χ4v) is 0.883. The molecule has 1 amide bonds. The van der Waals surface area contributed by atoms with E-state index in [1.807, 2.05) is 14.1 Å². The molecule has 0 aliphatic rings. The minimum absolute atomic E-state index is 0.0617.